The zero-order valence-corrected chi connectivity index (χ0v) is 10.5. The molecule has 0 fully saturated rings. The maximum atomic E-state index is 3.99. The summed E-state index contributed by atoms with van der Waals surface area (Å²) in [6.07, 6.45) is 1.08. The lowest BCUT2D eigenvalue weighted by atomic mass is 9.98. The number of hydrogen-bond acceptors (Lipinski definition) is 0. The van der Waals surface area contributed by atoms with Crippen LogP contribution in [0.5, 0.6) is 0 Å². The number of rotatable bonds is 3. The zero-order valence-electron chi connectivity index (χ0n) is 10.5. The van der Waals surface area contributed by atoms with Crippen molar-refractivity contribution in [3.05, 3.63) is 66.2 Å². The van der Waals surface area contributed by atoms with Crippen LogP contribution in [-0.2, 0) is 6.42 Å². The van der Waals surface area contributed by atoms with E-state index in [4.69, 9.17) is 0 Å². The lowest BCUT2D eigenvalue weighted by molar-refractivity contribution is 1.14. The molecule has 0 spiro atoms. The molecule has 0 N–H and O–H groups in total. The second-order valence-corrected chi connectivity index (χ2v) is 4.42. The molecule has 0 aliphatic heterocycles. The van der Waals surface area contributed by atoms with Crippen molar-refractivity contribution in [1.82, 2.24) is 0 Å². The fraction of sp³-hybridized carbons (Fsp3) is 0.176. The van der Waals surface area contributed by atoms with E-state index >= 15 is 0 Å². The van der Waals surface area contributed by atoms with Crippen molar-refractivity contribution >= 4 is 5.57 Å². The molecule has 0 saturated carbocycles. The van der Waals surface area contributed by atoms with Crippen molar-refractivity contribution in [2.45, 2.75) is 20.3 Å². The fourth-order valence-electron chi connectivity index (χ4n) is 1.94. The van der Waals surface area contributed by atoms with E-state index in [0.29, 0.717) is 0 Å². The molecule has 0 unspecified atom stereocenters. The molecule has 2 aromatic carbocycles. The normalized spacial score (nSPS) is 10.2. The number of aryl methyl sites for hydroxylation is 1. The molecule has 0 heteroatoms. The molecule has 0 saturated heterocycles. The van der Waals surface area contributed by atoms with Gasteiger partial charge in [-0.15, -0.1) is 0 Å². The Bertz CT molecular complexity index is 535. The van der Waals surface area contributed by atoms with E-state index in [1.54, 1.807) is 0 Å². The minimum Gasteiger partial charge on any atom is -0.0955 e. The van der Waals surface area contributed by atoms with Crippen molar-refractivity contribution in [2.24, 2.45) is 0 Å². The lowest BCUT2D eigenvalue weighted by Gasteiger charge is -2.06. The van der Waals surface area contributed by atoms with Crippen molar-refractivity contribution < 1.29 is 0 Å². The van der Waals surface area contributed by atoms with Crippen molar-refractivity contribution in [3.63, 3.8) is 0 Å². The van der Waals surface area contributed by atoms with Gasteiger partial charge in [0.1, 0.15) is 0 Å². The third-order valence-corrected chi connectivity index (χ3v) is 3.02. The Morgan fingerprint density at radius 2 is 1.65 bits per heavy atom. The maximum Gasteiger partial charge on any atom is -0.0178 e. The highest BCUT2D eigenvalue weighted by Gasteiger charge is 2.00. The number of benzene rings is 2. The van der Waals surface area contributed by atoms with Gasteiger partial charge in [-0.05, 0) is 41.7 Å². The van der Waals surface area contributed by atoms with Crippen LogP contribution in [0.4, 0.5) is 0 Å². The topological polar surface area (TPSA) is 0 Å². The predicted molar refractivity (Wildman–Crippen MR) is 76.0 cm³/mol. The summed E-state index contributed by atoms with van der Waals surface area (Å²) in [6, 6.07) is 17.3. The molecule has 0 radical (unpaired) electrons. The average Bonchev–Trinajstić information content (AvgIpc) is 2.39. The summed E-state index contributed by atoms with van der Waals surface area (Å²) in [5.41, 5.74) is 6.25. The highest BCUT2D eigenvalue weighted by Crippen LogP contribution is 2.24. The van der Waals surface area contributed by atoms with Gasteiger partial charge in [-0.25, -0.2) is 0 Å². The quantitative estimate of drug-likeness (QED) is 0.689. The molecular weight excluding hydrogens is 204 g/mol. The third-order valence-electron chi connectivity index (χ3n) is 3.02. The summed E-state index contributed by atoms with van der Waals surface area (Å²) < 4.78 is 0. The standard InChI is InChI=1S/C17H18/c1-4-14-7-5-9-16(11-14)17-10-6-8-15(12-17)13(2)3/h5-12H,2,4H2,1,3H3. The summed E-state index contributed by atoms with van der Waals surface area (Å²) in [7, 11) is 0. The van der Waals surface area contributed by atoms with Crippen LogP contribution in [0.2, 0.25) is 0 Å². The molecule has 0 amide bonds. The van der Waals surface area contributed by atoms with Crippen LogP contribution in [0.1, 0.15) is 25.0 Å². The Balaban J connectivity index is 2.45. The Hall–Kier alpha value is -1.82. The molecule has 0 heterocycles. The first-order valence-corrected chi connectivity index (χ1v) is 6.06. The van der Waals surface area contributed by atoms with E-state index in [9.17, 15) is 0 Å². The monoisotopic (exact) mass is 222 g/mol. The van der Waals surface area contributed by atoms with E-state index in [0.717, 1.165) is 12.0 Å². The Labute approximate surface area is 104 Å². The zero-order chi connectivity index (χ0) is 12.3. The summed E-state index contributed by atoms with van der Waals surface area (Å²) >= 11 is 0. The van der Waals surface area contributed by atoms with E-state index < -0.39 is 0 Å². The average molecular weight is 222 g/mol. The molecule has 2 aromatic rings. The first-order valence-electron chi connectivity index (χ1n) is 6.06. The number of hydrogen-bond donors (Lipinski definition) is 0. The van der Waals surface area contributed by atoms with Gasteiger partial charge in [0.25, 0.3) is 0 Å². The van der Waals surface area contributed by atoms with Gasteiger partial charge in [-0.1, -0.05) is 61.5 Å². The number of allylic oxidation sites excluding steroid dienone is 1. The van der Waals surface area contributed by atoms with Gasteiger partial charge in [0.15, 0.2) is 0 Å². The van der Waals surface area contributed by atoms with E-state index in [1.165, 1.54) is 22.3 Å². The third kappa shape index (κ3) is 2.65. The molecule has 0 nitrogen and oxygen atoms in total. The van der Waals surface area contributed by atoms with Crippen LogP contribution < -0.4 is 0 Å². The highest BCUT2D eigenvalue weighted by molar-refractivity contribution is 5.71. The van der Waals surface area contributed by atoms with Crippen molar-refractivity contribution in [3.8, 4) is 11.1 Å². The predicted octanol–water partition coefficient (Wildman–Crippen LogP) is 4.95. The van der Waals surface area contributed by atoms with Crippen LogP contribution in [0.3, 0.4) is 0 Å². The van der Waals surface area contributed by atoms with E-state index in [-0.39, 0.29) is 0 Å². The molecular formula is C17H18. The van der Waals surface area contributed by atoms with Gasteiger partial charge >= 0.3 is 0 Å². The molecule has 0 aliphatic rings. The molecule has 0 atom stereocenters. The van der Waals surface area contributed by atoms with Gasteiger partial charge in [0.05, 0.1) is 0 Å². The Morgan fingerprint density at radius 3 is 2.29 bits per heavy atom. The Morgan fingerprint density at radius 1 is 1.00 bits per heavy atom. The summed E-state index contributed by atoms with van der Waals surface area (Å²) in [6.45, 7) is 8.22. The molecule has 0 aliphatic carbocycles. The first-order chi connectivity index (χ1) is 8.20. The second-order valence-electron chi connectivity index (χ2n) is 4.42. The Kier molecular flexibility index (Phi) is 3.43. The maximum absolute atomic E-state index is 3.99. The van der Waals surface area contributed by atoms with E-state index in [1.807, 2.05) is 6.92 Å². The summed E-state index contributed by atoms with van der Waals surface area (Å²) in [5, 5.41) is 0. The highest BCUT2D eigenvalue weighted by atomic mass is 14.1. The minimum atomic E-state index is 1.08. The first kappa shape index (κ1) is 11.7. The lowest BCUT2D eigenvalue weighted by Crippen LogP contribution is -1.84. The smallest absolute Gasteiger partial charge is 0.0178 e. The van der Waals surface area contributed by atoms with Crippen LogP contribution in [-0.4, -0.2) is 0 Å². The van der Waals surface area contributed by atoms with Gasteiger partial charge in [0.2, 0.25) is 0 Å². The minimum absolute atomic E-state index is 1.08. The fourth-order valence-corrected chi connectivity index (χ4v) is 1.94. The second kappa shape index (κ2) is 5.01. The van der Waals surface area contributed by atoms with Gasteiger partial charge in [0, 0.05) is 0 Å². The summed E-state index contributed by atoms with van der Waals surface area (Å²) in [5.74, 6) is 0. The molecule has 2 rings (SSSR count). The van der Waals surface area contributed by atoms with E-state index in [2.05, 4.69) is 62.0 Å². The SMILES string of the molecule is C=C(C)c1cccc(-c2cccc(CC)c2)c1. The largest absolute Gasteiger partial charge is 0.0955 e. The van der Waals surface area contributed by atoms with Crippen LogP contribution >= 0.6 is 0 Å². The van der Waals surface area contributed by atoms with Crippen molar-refractivity contribution in [2.75, 3.05) is 0 Å². The van der Waals surface area contributed by atoms with Crippen LogP contribution in [0, 0.1) is 0 Å². The molecule has 0 aromatic heterocycles. The van der Waals surface area contributed by atoms with Crippen molar-refractivity contribution in [1.29, 1.82) is 0 Å². The van der Waals surface area contributed by atoms with Gasteiger partial charge in [-0.3, -0.25) is 0 Å². The molecule has 17 heavy (non-hydrogen) atoms. The molecule has 0 bridgehead atoms. The van der Waals surface area contributed by atoms with Gasteiger partial charge < -0.3 is 0 Å². The van der Waals surface area contributed by atoms with Gasteiger partial charge in [-0.2, -0.15) is 0 Å². The van der Waals surface area contributed by atoms with Crippen LogP contribution in [0.25, 0.3) is 16.7 Å². The summed E-state index contributed by atoms with van der Waals surface area (Å²) in [4.78, 5) is 0. The van der Waals surface area contributed by atoms with Crippen LogP contribution in [0.15, 0.2) is 55.1 Å². The molecule has 86 valence electrons.